The molecule has 0 aliphatic rings. The number of carbonyl (C=O) groups is 2. The molecule has 2 N–H and O–H groups in total. The zero-order valence-corrected chi connectivity index (χ0v) is 11.7. The number of hydrogen-bond acceptors (Lipinski definition) is 4. The van der Waals surface area contributed by atoms with E-state index in [-0.39, 0.29) is 11.7 Å². The minimum absolute atomic E-state index is 0.0118. The van der Waals surface area contributed by atoms with E-state index in [1.54, 1.807) is 24.3 Å². The van der Waals surface area contributed by atoms with Gasteiger partial charge in [0.1, 0.15) is 0 Å². The quantitative estimate of drug-likeness (QED) is 0.720. The second kappa shape index (κ2) is 7.66. The van der Waals surface area contributed by atoms with E-state index < -0.39 is 0 Å². The first-order valence-electron chi connectivity index (χ1n) is 6.27. The highest BCUT2D eigenvalue weighted by molar-refractivity contribution is 5.97. The summed E-state index contributed by atoms with van der Waals surface area (Å²) in [5.74, 6) is -0.0958. The minimum Gasteiger partial charge on any atom is -0.325 e. The molecule has 0 heterocycles. The lowest BCUT2D eigenvalue weighted by Crippen LogP contribution is -2.34. The van der Waals surface area contributed by atoms with Gasteiger partial charge in [0, 0.05) is 24.3 Å². The fraction of sp³-hybridized carbons (Fsp3) is 0.429. The Hall–Kier alpha value is -1.72. The Morgan fingerprint density at radius 1 is 1.32 bits per heavy atom. The van der Waals surface area contributed by atoms with Crippen molar-refractivity contribution in [1.29, 1.82) is 0 Å². The van der Waals surface area contributed by atoms with E-state index in [9.17, 15) is 9.59 Å². The smallest absolute Gasteiger partial charge is 0.238 e. The van der Waals surface area contributed by atoms with E-state index >= 15 is 0 Å². The van der Waals surface area contributed by atoms with Gasteiger partial charge in [-0.2, -0.15) is 0 Å². The maximum atomic E-state index is 11.8. The van der Waals surface area contributed by atoms with Crippen molar-refractivity contribution in [2.75, 3.05) is 39.0 Å². The summed E-state index contributed by atoms with van der Waals surface area (Å²) in [5.41, 5.74) is 1.25. The predicted molar refractivity (Wildman–Crippen MR) is 76.5 cm³/mol. The molecule has 5 nitrogen and oxygen atoms in total. The molecular weight excluding hydrogens is 242 g/mol. The van der Waals surface area contributed by atoms with Crippen LogP contribution in [-0.4, -0.2) is 50.3 Å². The van der Waals surface area contributed by atoms with Crippen LogP contribution in [0.4, 0.5) is 5.69 Å². The van der Waals surface area contributed by atoms with E-state index in [1.165, 1.54) is 6.92 Å². The van der Waals surface area contributed by atoms with Gasteiger partial charge in [-0.25, -0.2) is 0 Å². The van der Waals surface area contributed by atoms with Gasteiger partial charge in [-0.3, -0.25) is 14.5 Å². The molecule has 1 aromatic carbocycles. The van der Waals surface area contributed by atoms with Gasteiger partial charge in [0.15, 0.2) is 5.78 Å². The van der Waals surface area contributed by atoms with E-state index in [1.807, 2.05) is 19.0 Å². The van der Waals surface area contributed by atoms with Gasteiger partial charge in [0.25, 0.3) is 0 Å². The second-order valence-electron chi connectivity index (χ2n) is 4.53. The summed E-state index contributed by atoms with van der Waals surface area (Å²) in [6, 6.07) is 6.96. The lowest BCUT2D eigenvalue weighted by atomic mass is 10.1. The fourth-order valence-electron chi connectivity index (χ4n) is 1.64. The normalized spacial score (nSPS) is 10.5. The molecule has 0 radical (unpaired) electrons. The molecule has 0 atom stereocenters. The number of nitrogens with zero attached hydrogens (tertiary/aromatic N) is 1. The highest BCUT2D eigenvalue weighted by Crippen LogP contribution is 2.11. The molecule has 0 bridgehead atoms. The summed E-state index contributed by atoms with van der Waals surface area (Å²) < 4.78 is 0. The Morgan fingerprint density at radius 3 is 2.68 bits per heavy atom. The zero-order valence-electron chi connectivity index (χ0n) is 11.7. The molecule has 0 fully saturated rings. The first-order valence-corrected chi connectivity index (χ1v) is 6.27. The largest absolute Gasteiger partial charge is 0.325 e. The molecule has 1 rings (SSSR count). The summed E-state index contributed by atoms with van der Waals surface area (Å²) in [6.45, 7) is 3.47. The minimum atomic E-state index is -0.0840. The van der Waals surface area contributed by atoms with Crippen molar-refractivity contribution in [2.45, 2.75) is 6.92 Å². The standard InChI is InChI=1S/C14H21N3O2/c1-11(18)12-5-4-6-13(9-12)16-14(19)10-17(3)8-7-15-2/h4-6,9,15H,7-8,10H2,1-3H3,(H,16,19). The summed E-state index contributed by atoms with van der Waals surface area (Å²) in [4.78, 5) is 25.0. The number of Topliss-reactive ketones (excluding diaryl/α,β-unsaturated/α-hetero) is 1. The molecule has 0 aromatic heterocycles. The molecule has 1 amide bonds. The van der Waals surface area contributed by atoms with Gasteiger partial charge >= 0.3 is 0 Å². The number of carbonyl (C=O) groups excluding carboxylic acids is 2. The average Bonchev–Trinajstić information content (AvgIpc) is 2.36. The number of nitrogens with one attached hydrogen (secondary N) is 2. The highest BCUT2D eigenvalue weighted by Gasteiger charge is 2.07. The fourth-order valence-corrected chi connectivity index (χ4v) is 1.64. The van der Waals surface area contributed by atoms with Crippen LogP contribution in [0.1, 0.15) is 17.3 Å². The number of benzene rings is 1. The summed E-state index contributed by atoms with van der Waals surface area (Å²) >= 11 is 0. The van der Waals surface area contributed by atoms with Crippen LogP contribution in [0, 0.1) is 0 Å². The van der Waals surface area contributed by atoms with Crippen LogP contribution in [0.15, 0.2) is 24.3 Å². The first-order chi connectivity index (χ1) is 9.02. The van der Waals surface area contributed by atoms with Gasteiger partial charge in [-0.1, -0.05) is 12.1 Å². The second-order valence-corrected chi connectivity index (χ2v) is 4.53. The first kappa shape index (κ1) is 15.3. The third kappa shape index (κ3) is 5.63. The van der Waals surface area contributed by atoms with Crippen molar-refractivity contribution < 1.29 is 9.59 Å². The molecule has 104 valence electrons. The number of amides is 1. The SMILES string of the molecule is CNCCN(C)CC(=O)Nc1cccc(C(C)=O)c1. The van der Waals surface area contributed by atoms with E-state index in [0.29, 0.717) is 17.8 Å². The van der Waals surface area contributed by atoms with E-state index in [2.05, 4.69) is 10.6 Å². The van der Waals surface area contributed by atoms with Crippen LogP contribution in [0.2, 0.25) is 0 Å². The van der Waals surface area contributed by atoms with Gasteiger partial charge in [-0.05, 0) is 33.2 Å². The van der Waals surface area contributed by atoms with Gasteiger partial charge < -0.3 is 10.6 Å². The maximum Gasteiger partial charge on any atom is 0.238 e. The molecule has 0 aliphatic heterocycles. The highest BCUT2D eigenvalue weighted by atomic mass is 16.2. The number of rotatable bonds is 7. The molecule has 5 heteroatoms. The average molecular weight is 263 g/mol. The molecule has 0 saturated carbocycles. The van der Waals surface area contributed by atoms with Gasteiger partial charge in [-0.15, -0.1) is 0 Å². The van der Waals surface area contributed by atoms with Gasteiger partial charge in [0.05, 0.1) is 6.54 Å². The lowest BCUT2D eigenvalue weighted by Gasteiger charge is -2.16. The van der Waals surface area contributed by atoms with Crippen LogP contribution in [-0.2, 0) is 4.79 Å². The maximum absolute atomic E-state index is 11.8. The van der Waals surface area contributed by atoms with Crippen molar-refractivity contribution in [2.24, 2.45) is 0 Å². The van der Waals surface area contributed by atoms with Gasteiger partial charge in [0.2, 0.25) is 5.91 Å². The molecule has 0 unspecified atom stereocenters. The molecule has 0 saturated heterocycles. The summed E-state index contributed by atoms with van der Waals surface area (Å²) in [6.07, 6.45) is 0. The monoisotopic (exact) mass is 263 g/mol. The Labute approximate surface area is 114 Å². The number of hydrogen-bond donors (Lipinski definition) is 2. The Balaban J connectivity index is 2.52. The third-order valence-corrected chi connectivity index (χ3v) is 2.71. The van der Waals surface area contributed by atoms with E-state index in [4.69, 9.17) is 0 Å². The van der Waals surface area contributed by atoms with Crippen molar-refractivity contribution in [3.05, 3.63) is 29.8 Å². The van der Waals surface area contributed by atoms with Crippen LogP contribution in [0.3, 0.4) is 0 Å². The van der Waals surface area contributed by atoms with Crippen LogP contribution in [0.25, 0.3) is 0 Å². The molecule has 1 aromatic rings. The van der Waals surface area contributed by atoms with Crippen molar-refractivity contribution in [3.63, 3.8) is 0 Å². The van der Waals surface area contributed by atoms with Crippen LogP contribution in [0.5, 0.6) is 0 Å². The lowest BCUT2D eigenvalue weighted by molar-refractivity contribution is -0.117. The summed E-state index contributed by atoms with van der Waals surface area (Å²) in [7, 11) is 3.77. The number of likely N-dealkylation sites (N-methyl/N-ethyl adjacent to an activating group) is 2. The number of anilines is 1. The number of ketones is 1. The third-order valence-electron chi connectivity index (χ3n) is 2.71. The Morgan fingerprint density at radius 2 is 2.05 bits per heavy atom. The van der Waals surface area contributed by atoms with Crippen molar-refractivity contribution in [1.82, 2.24) is 10.2 Å². The molecular formula is C14H21N3O2. The van der Waals surface area contributed by atoms with Crippen molar-refractivity contribution >= 4 is 17.4 Å². The van der Waals surface area contributed by atoms with E-state index in [0.717, 1.165) is 13.1 Å². The zero-order chi connectivity index (χ0) is 14.3. The summed E-state index contributed by atoms with van der Waals surface area (Å²) in [5, 5.41) is 5.82. The molecule has 19 heavy (non-hydrogen) atoms. The van der Waals surface area contributed by atoms with Crippen molar-refractivity contribution in [3.8, 4) is 0 Å². The predicted octanol–water partition coefficient (Wildman–Crippen LogP) is 0.979. The Kier molecular flexibility index (Phi) is 6.18. The van der Waals surface area contributed by atoms with Crippen LogP contribution < -0.4 is 10.6 Å². The van der Waals surface area contributed by atoms with Crippen LogP contribution >= 0.6 is 0 Å². The topological polar surface area (TPSA) is 61.4 Å². The Bertz CT molecular complexity index is 446. The molecule has 0 spiro atoms. The molecule has 0 aliphatic carbocycles.